The Labute approximate surface area is 447 Å². The van der Waals surface area contributed by atoms with E-state index in [1.807, 2.05) is 76.5 Å². The zero-order chi connectivity index (χ0) is 53.1. The van der Waals surface area contributed by atoms with E-state index in [9.17, 15) is 19.5 Å². The maximum absolute atomic E-state index is 14.9. The average Bonchev–Trinajstić information content (AvgIpc) is 4.22. The third-order valence-corrected chi connectivity index (χ3v) is 16.1. The van der Waals surface area contributed by atoms with E-state index in [1.165, 1.54) is 16.5 Å². The molecule has 0 spiro atoms. The Morgan fingerprint density at radius 1 is 0.987 bits per heavy atom. The Hall–Kier alpha value is -5.97. The average molecular weight is 1040 g/mol. The van der Waals surface area contributed by atoms with Gasteiger partial charge in [0, 0.05) is 80.3 Å². The zero-order valence-corrected chi connectivity index (χ0v) is 45.9. The van der Waals surface area contributed by atoms with Gasteiger partial charge in [0.15, 0.2) is 0 Å². The molecule has 6 aromatic rings. The monoisotopic (exact) mass is 1040 g/mol. The van der Waals surface area contributed by atoms with Gasteiger partial charge in [0.2, 0.25) is 11.8 Å². The van der Waals surface area contributed by atoms with E-state index < -0.39 is 23.5 Å². The summed E-state index contributed by atoms with van der Waals surface area (Å²) in [7, 11) is 3.95. The normalized spacial score (nSPS) is 19.6. The number of likely N-dealkylation sites (N-methyl/N-ethyl adjacent to an activating group) is 1. The number of β-amino-alcohol motifs (C(OH)–C–C–N with tert-alkyl or cyclic N) is 1. The van der Waals surface area contributed by atoms with Crippen LogP contribution in [0.1, 0.15) is 143 Å². The number of aromatic amines is 1. The molecule has 6 atom stereocenters. The summed E-state index contributed by atoms with van der Waals surface area (Å²) >= 11 is 1.60. The minimum Gasteiger partial charge on any atom is -0.391 e. The maximum Gasteiger partial charge on any atom is 0.258 e. The van der Waals surface area contributed by atoms with E-state index in [-0.39, 0.29) is 42.6 Å². The van der Waals surface area contributed by atoms with Gasteiger partial charge >= 0.3 is 0 Å². The lowest BCUT2D eigenvalue weighted by Crippen LogP contribution is -2.50. The fourth-order valence-corrected chi connectivity index (χ4v) is 11.9. The van der Waals surface area contributed by atoms with Gasteiger partial charge in [-0.1, -0.05) is 119 Å². The summed E-state index contributed by atoms with van der Waals surface area (Å²) in [6.07, 6.45) is 14.0. The highest BCUT2D eigenvalue weighted by atomic mass is 32.1. The van der Waals surface area contributed by atoms with Crippen LogP contribution in [0.15, 0.2) is 101 Å². The Morgan fingerprint density at radius 2 is 1.73 bits per heavy atom. The number of thiazole rings is 1. The number of likely N-dealkylation sites (tertiary alicyclic amines) is 1. The quantitative estimate of drug-likeness (QED) is 0.0282. The fourth-order valence-electron chi connectivity index (χ4n) is 11.1. The molecule has 1 saturated heterocycles. The number of hydrazine groups is 1. The maximum atomic E-state index is 14.9. The van der Waals surface area contributed by atoms with Crippen LogP contribution in [0.5, 0.6) is 0 Å². The molecule has 400 valence electrons. The molecule has 0 bridgehead atoms. The van der Waals surface area contributed by atoms with Crippen molar-refractivity contribution in [3.8, 4) is 10.4 Å². The van der Waals surface area contributed by atoms with Crippen LogP contribution in [0, 0.1) is 12.3 Å². The van der Waals surface area contributed by atoms with Gasteiger partial charge in [-0.05, 0) is 105 Å². The second-order valence-corrected chi connectivity index (χ2v) is 23.1. The number of amides is 3. The van der Waals surface area contributed by atoms with Gasteiger partial charge < -0.3 is 29.7 Å². The highest BCUT2D eigenvalue weighted by Gasteiger charge is 2.46. The zero-order valence-electron chi connectivity index (χ0n) is 45.1. The topological polar surface area (TPSA) is 172 Å². The van der Waals surface area contributed by atoms with E-state index in [0.29, 0.717) is 18.3 Å². The molecule has 4 heterocycles. The summed E-state index contributed by atoms with van der Waals surface area (Å²) in [5.74, 6) is -0.738. The van der Waals surface area contributed by atoms with Crippen LogP contribution in [0.2, 0.25) is 0 Å². The Morgan fingerprint density at radius 3 is 2.47 bits per heavy atom. The third kappa shape index (κ3) is 14.5. The molecule has 1 saturated carbocycles. The minimum absolute atomic E-state index is 0.0639. The molecule has 1 aliphatic carbocycles. The number of hydrogen-bond acceptors (Lipinski definition) is 11. The third-order valence-electron chi connectivity index (χ3n) is 15.1. The number of carbonyl (C=O) groups is 3. The van der Waals surface area contributed by atoms with Gasteiger partial charge in [-0.2, -0.15) is 0 Å². The van der Waals surface area contributed by atoms with E-state index in [0.717, 1.165) is 116 Å². The molecule has 3 aromatic carbocycles. The van der Waals surface area contributed by atoms with Crippen molar-refractivity contribution < 1.29 is 24.0 Å². The predicted molar refractivity (Wildman–Crippen MR) is 300 cm³/mol. The van der Waals surface area contributed by atoms with E-state index in [2.05, 4.69) is 105 Å². The van der Waals surface area contributed by atoms with Crippen LogP contribution in [-0.2, 0) is 27.3 Å². The molecule has 15 heteroatoms. The lowest BCUT2D eigenvalue weighted by molar-refractivity contribution is -0.142. The van der Waals surface area contributed by atoms with Crippen LogP contribution in [0.4, 0.5) is 0 Å². The Kier molecular flexibility index (Phi) is 18.9. The van der Waals surface area contributed by atoms with Crippen molar-refractivity contribution in [2.24, 2.45) is 5.41 Å². The number of aryl methyl sites for hydroxylation is 1. The predicted octanol–water partition coefficient (Wildman–Crippen LogP) is 10.1. The van der Waals surface area contributed by atoms with Crippen molar-refractivity contribution in [1.82, 2.24) is 46.0 Å². The molecule has 75 heavy (non-hydrogen) atoms. The molecule has 2 aliphatic rings. The molecule has 3 aromatic heterocycles. The van der Waals surface area contributed by atoms with Crippen LogP contribution < -0.4 is 16.2 Å². The van der Waals surface area contributed by atoms with Gasteiger partial charge in [0.25, 0.3) is 5.91 Å². The minimum atomic E-state index is -0.846. The highest BCUT2D eigenvalue weighted by molar-refractivity contribution is 7.13. The van der Waals surface area contributed by atoms with Crippen molar-refractivity contribution in [3.05, 3.63) is 136 Å². The number of nitrogens with zero attached hydrogens (tertiary/aromatic N) is 5. The van der Waals surface area contributed by atoms with Crippen molar-refractivity contribution in [2.45, 2.75) is 141 Å². The van der Waals surface area contributed by atoms with Gasteiger partial charge in [0.1, 0.15) is 17.7 Å². The van der Waals surface area contributed by atoms with Crippen molar-refractivity contribution in [2.75, 3.05) is 40.3 Å². The SMILES string of the molecule is CCCNNC(=O)/C=C/c1ccc(CN(CCc2c[nH]c3ccccc23)C2CCCCC(c3cc([C@H](C(=O)N4C[C@H](O)C[C@H]4C(=O)N[C@@H](CN(C)C)c4ccc(-c5scnc5C)cc4)C(C)(C)C)on3)CCC2)cc1. The van der Waals surface area contributed by atoms with E-state index in [1.54, 1.807) is 22.3 Å². The van der Waals surface area contributed by atoms with Crippen LogP contribution >= 0.6 is 11.3 Å². The summed E-state index contributed by atoms with van der Waals surface area (Å²) < 4.78 is 6.19. The lowest BCUT2D eigenvalue weighted by Gasteiger charge is -2.34. The summed E-state index contributed by atoms with van der Waals surface area (Å²) in [6.45, 7) is 13.2. The number of aliphatic hydroxyl groups is 1. The second kappa shape index (κ2) is 25.7. The van der Waals surface area contributed by atoms with Crippen LogP contribution in [0.25, 0.3) is 27.4 Å². The number of hydrogen-bond donors (Lipinski definition) is 5. The molecule has 5 N–H and O–H groups in total. The number of benzene rings is 3. The molecule has 0 radical (unpaired) electrons. The van der Waals surface area contributed by atoms with E-state index in [4.69, 9.17) is 9.68 Å². The molecular weight excluding hydrogens is 959 g/mol. The number of rotatable bonds is 20. The van der Waals surface area contributed by atoms with Crippen molar-refractivity contribution in [1.29, 1.82) is 0 Å². The first-order valence-corrected chi connectivity index (χ1v) is 28.0. The van der Waals surface area contributed by atoms with Crippen LogP contribution in [0.3, 0.4) is 0 Å². The first kappa shape index (κ1) is 55.3. The Balaban J connectivity index is 0.938. The number of para-hydroxylation sites is 1. The highest BCUT2D eigenvalue weighted by Crippen LogP contribution is 2.41. The van der Waals surface area contributed by atoms with Gasteiger partial charge in [-0.3, -0.25) is 24.7 Å². The molecule has 2 unspecified atom stereocenters. The number of H-pyrrole nitrogens is 1. The summed E-state index contributed by atoms with van der Waals surface area (Å²) in [5, 5.41) is 20.3. The van der Waals surface area contributed by atoms with Gasteiger partial charge in [-0.25, -0.2) is 10.4 Å². The number of aliphatic hydroxyl groups excluding tert-OH is 1. The molecule has 14 nitrogen and oxygen atoms in total. The van der Waals surface area contributed by atoms with Gasteiger partial charge in [0.05, 0.1) is 33.9 Å². The fraction of sp³-hybridized carbons (Fsp3) is 0.483. The molecule has 8 rings (SSSR count). The first-order valence-electron chi connectivity index (χ1n) is 27.1. The van der Waals surface area contributed by atoms with Crippen molar-refractivity contribution in [3.63, 3.8) is 0 Å². The molecule has 3 amide bonds. The summed E-state index contributed by atoms with van der Waals surface area (Å²) in [6, 6.07) is 26.5. The number of nitrogens with one attached hydrogen (secondary N) is 4. The Bertz CT molecular complexity index is 2830. The van der Waals surface area contributed by atoms with E-state index >= 15 is 0 Å². The van der Waals surface area contributed by atoms with Crippen molar-refractivity contribution >= 4 is 46.0 Å². The van der Waals surface area contributed by atoms with Gasteiger partial charge in [-0.15, -0.1) is 11.3 Å². The smallest absolute Gasteiger partial charge is 0.258 e. The lowest BCUT2D eigenvalue weighted by atomic mass is 9.77. The number of fused-ring (bicyclic) bond motifs is 1. The number of carbonyl (C=O) groups excluding carboxylic acids is 3. The first-order chi connectivity index (χ1) is 36.1. The summed E-state index contributed by atoms with van der Waals surface area (Å²) in [5.41, 5.74) is 15.5. The summed E-state index contributed by atoms with van der Waals surface area (Å²) in [4.78, 5) is 56.9. The van der Waals surface area contributed by atoms with Crippen LogP contribution in [-0.4, -0.2) is 111 Å². The number of aromatic nitrogens is 3. The molecule has 2 fully saturated rings. The molecular formula is C60H79N9O5S. The standard InChI is InChI=1S/C60H79N9O5S/c1-8-31-63-65-55(71)29-24-41-20-22-42(23-21-41)36-68(32-30-46-35-61-50-19-12-11-18-49(46)50)47-16-10-9-14-43(15-13-17-47)51-34-54(74-66-51)56(60(3,4)5)59(73)69-37-48(70)33-53(69)58(72)64-52(38-67(6)7)44-25-27-45(28-26-44)57-40(2)62-39-75-57/h11-12,18-29,34-35,39,43,47-48,52-53,56,61,63,70H,8-10,13-17,30-33,36-38H2,1-7H3,(H,64,72)(H,65,71)/b29-24+/t43?,47?,48-,52+,53+,56-/m1/s1. The molecule has 1 aliphatic heterocycles. The second-order valence-electron chi connectivity index (χ2n) is 22.2. The largest absolute Gasteiger partial charge is 0.391 e.